The van der Waals surface area contributed by atoms with Crippen molar-refractivity contribution >= 4 is 29.7 Å². The summed E-state index contributed by atoms with van der Waals surface area (Å²) in [6, 6.07) is 24.9. The molecule has 4 N–H and O–H groups in total. The van der Waals surface area contributed by atoms with E-state index >= 15 is 4.79 Å². The number of fused-ring (bicyclic) bond motifs is 5. The molecule has 4 aliphatic rings. The normalized spacial score (nSPS) is 32.7. The first kappa shape index (κ1) is 40.3. The van der Waals surface area contributed by atoms with Gasteiger partial charge in [-0.3, -0.25) is 9.59 Å². The molecule has 1 aliphatic heterocycles. The van der Waals surface area contributed by atoms with Gasteiger partial charge in [0.15, 0.2) is 18.0 Å². The lowest BCUT2D eigenvalue weighted by molar-refractivity contribution is -0.320. The van der Waals surface area contributed by atoms with E-state index in [1.807, 2.05) is 37.3 Å². The highest BCUT2D eigenvalue weighted by molar-refractivity contribution is 5.97. The third-order valence-electron chi connectivity index (χ3n) is 13.4. The maximum atomic E-state index is 15.2. The second-order valence-corrected chi connectivity index (χ2v) is 16.9. The van der Waals surface area contributed by atoms with Crippen LogP contribution < -0.4 is 5.32 Å². The average Bonchev–Trinajstić information content (AvgIpc) is 3.20. The third-order valence-corrected chi connectivity index (χ3v) is 13.4. The Kier molecular flexibility index (Phi) is 10.7. The van der Waals surface area contributed by atoms with Gasteiger partial charge in [-0.2, -0.15) is 0 Å². The zero-order valence-corrected chi connectivity index (χ0v) is 32.9. The van der Waals surface area contributed by atoms with Crippen LogP contribution in [-0.4, -0.2) is 81.2 Å². The lowest BCUT2D eigenvalue weighted by Gasteiger charge is -2.66. The van der Waals surface area contributed by atoms with Crippen LogP contribution in [0.5, 0.6) is 0 Å². The second kappa shape index (κ2) is 15.1. The van der Waals surface area contributed by atoms with Crippen LogP contribution >= 0.6 is 0 Å². The molecule has 0 aromatic heterocycles. The van der Waals surface area contributed by atoms with Crippen LogP contribution in [0, 0.1) is 22.7 Å². The molecule has 1 heterocycles. The van der Waals surface area contributed by atoms with Gasteiger partial charge in [-0.1, -0.05) is 107 Å². The molecule has 300 valence electrons. The number of carbonyl (C=O) groups excluding carboxylic acids is 4. The standard InChI is InChI=1S/C46H51NO10/c1-27-32(56-42(52)37(49)36(30-17-11-7-12-18-30)47-41(51)31-19-13-8-14-20-31)25-46(54)28(2)39-44(5,24-23-33-45(39,53)26-55-33)40(50)38(35(27)43(46,3)4)57-34(48)22-21-29-15-9-6-10-16-29/h6-22,28,32-33,36-39,49,53-54H,23-26H2,1-5H3,(H,47,51)/b22-21+/t28?,32?,33?,36?,37?,38?,39?,44-,45?,46?/m1/s1. The second-order valence-electron chi connectivity index (χ2n) is 16.9. The number of ketones is 1. The van der Waals surface area contributed by atoms with Crippen LogP contribution in [0.15, 0.2) is 108 Å². The number of hydrogen-bond donors (Lipinski definition) is 4. The van der Waals surface area contributed by atoms with Crippen LogP contribution in [0.1, 0.15) is 81.4 Å². The van der Waals surface area contributed by atoms with Crippen LogP contribution in [0.4, 0.5) is 0 Å². The van der Waals surface area contributed by atoms with Gasteiger partial charge in [0.25, 0.3) is 5.91 Å². The highest BCUT2D eigenvalue weighted by atomic mass is 16.6. The molecule has 1 saturated heterocycles. The average molecular weight is 778 g/mol. The lowest BCUT2D eigenvalue weighted by atomic mass is 9.43. The van der Waals surface area contributed by atoms with E-state index in [1.54, 1.807) is 94.4 Å². The summed E-state index contributed by atoms with van der Waals surface area (Å²) < 4.78 is 18.1. The molecule has 1 amide bonds. The van der Waals surface area contributed by atoms with Gasteiger partial charge in [-0.25, -0.2) is 9.59 Å². The molecule has 0 spiro atoms. The minimum absolute atomic E-state index is 0.0295. The molecule has 0 radical (unpaired) electrons. The first-order valence-electron chi connectivity index (χ1n) is 19.6. The zero-order valence-electron chi connectivity index (χ0n) is 32.9. The predicted molar refractivity (Wildman–Crippen MR) is 210 cm³/mol. The summed E-state index contributed by atoms with van der Waals surface area (Å²) in [6.45, 7) is 8.78. The number of Topliss-reactive ketones (excluding diaryl/α,β-unsaturated/α-hetero) is 1. The van der Waals surface area contributed by atoms with E-state index in [4.69, 9.17) is 14.2 Å². The number of carbonyl (C=O) groups is 4. The fraction of sp³-hybridized carbons (Fsp3) is 0.435. The number of nitrogens with one attached hydrogen (secondary N) is 1. The van der Waals surface area contributed by atoms with Gasteiger partial charge in [-0.15, -0.1) is 0 Å². The molecule has 11 heteroatoms. The highest BCUT2D eigenvalue weighted by Gasteiger charge is 2.72. The number of ether oxygens (including phenoxy) is 3. The monoisotopic (exact) mass is 777 g/mol. The van der Waals surface area contributed by atoms with Crippen molar-refractivity contribution in [3.05, 3.63) is 125 Å². The molecule has 3 aliphatic carbocycles. The van der Waals surface area contributed by atoms with Crippen molar-refractivity contribution in [2.24, 2.45) is 22.7 Å². The topological polar surface area (TPSA) is 169 Å². The Morgan fingerprint density at radius 3 is 2.14 bits per heavy atom. The molecule has 2 saturated carbocycles. The van der Waals surface area contributed by atoms with Crippen molar-refractivity contribution in [1.29, 1.82) is 0 Å². The maximum Gasteiger partial charge on any atom is 0.338 e. The lowest BCUT2D eigenvalue weighted by Crippen LogP contribution is -2.76. The van der Waals surface area contributed by atoms with Gasteiger partial charge < -0.3 is 34.8 Å². The molecule has 57 heavy (non-hydrogen) atoms. The minimum atomic E-state index is -1.89. The van der Waals surface area contributed by atoms with Gasteiger partial charge in [0.05, 0.1) is 24.4 Å². The minimum Gasteiger partial charge on any atom is -0.456 e. The van der Waals surface area contributed by atoms with E-state index in [-0.39, 0.29) is 18.6 Å². The molecule has 9 unspecified atom stereocenters. The summed E-state index contributed by atoms with van der Waals surface area (Å²) in [5.41, 5.74) is -3.50. The number of rotatable bonds is 9. The Bertz CT molecular complexity index is 2080. The Balaban J connectivity index is 1.28. The molecule has 10 atom stereocenters. The summed E-state index contributed by atoms with van der Waals surface area (Å²) in [5.74, 6) is -4.40. The van der Waals surface area contributed by atoms with Crippen molar-refractivity contribution in [2.75, 3.05) is 6.61 Å². The largest absolute Gasteiger partial charge is 0.456 e. The van der Waals surface area contributed by atoms with Crippen molar-refractivity contribution in [2.45, 2.75) is 95.5 Å². The fourth-order valence-corrected chi connectivity index (χ4v) is 10.3. The van der Waals surface area contributed by atoms with Gasteiger partial charge in [0, 0.05) is 34.8 Å². The van der Waals surface area contributed by atoms with Gasteiger partial charge in [0.2, 0.25) is 0 Å². The van der Waals surface area contributed by atoms with Gasteiger partial charge in [-0.05, 0) is 66.2 Å². The van der Waals surface area contributed by atoms with E-state index in [0.717, 1.165) is 5.56 Å². The van der Waals surface area contributed by atoms with E-state index in [1.165, 1.54) is 6.08 Å². The number of hydrogen-bond acceptors (Lipinski definition) is 10. The molecular formula is C46H51NO10. The number of aliphatic hydroxyl groups is 3. The smallest absolute Gasteiger partial charge is 0.338 e. The summed E-state index contributed by atoms with van der Waals surface area (Å²) >= 11 is 0. The Hall–Kier alpha value is -4.94. The van der Waals surface area contributed by atoms with E-state index < -0.39 is 88.0 Å². The van der Waals surface area contributed by atoms with E-state index in [9.17, 15) is 29.7 Å². The number of esters is 2. The molecule has 3 fully saturated rings. The molecule has 11 nitrogen and oxygen atoms in total. The number of aliphatic hydroxyl groups excluding tert-OH is 1. The summed E-state index contributed by atoms with van der Waals surface area (Å²) in [7, 11) is 0. The highest BCUT2D eigenvalue weighted by Crippen LogP contribution is 2.64. The SMILES string of the molecule is CC1=C2C(OC(=O)/C=C/c3ccccc3)C(=O)[C@]3(C)CCC4OCC4(O)C3C(C)C(O)(CC1OC(=O)C(O)C(NC(=O)c1ccccc1)c1ccccc1)C2(C)C. The molecule has 7 rings (SSSR count). The fourth-order valence-electron chi connectivity index (χ4n) is 10.3. The van der Waals surface area contributed by atoms with Crippen molar-refractivity contribution in [1.82, 2.24) is 5.32 Å². The zero-order chi connectivity index (χ0) is 40.9. The Labute approximate surface area is 332 Å². The van der Waals surface area contributed by atoms with Crippen molar-refractivity contribution < 1.29 is 48.7 Å². The first-order valence-corrected chi connectivity index (χ1v) is 19.6. The molecule has 2 bridgehead atoms. The van der Waals surface area contributed by atoms with Crippen molar-refractivity contribution in [3.63, 3.8) is 0 Å². The number of benzene rings is 3. The summed E-state index contributed by atoms with van der Waals surface area (Å²) in [4.78, 5) is 56.4. The third kappa shape index (κ3) is 6.84. The van der Waals surface area contributed by atoms with Gasteiger partial charge in [0.1, 0.15) is 11.7 Å². The van der Waals surface area contributed by atoms with E-state index in [0.29, 0.717) is 29.5 Å². The molecule has 3 aromatic carbocycles. The van der Waals surface area contributed by atoms with Crippen LogP contribution in [0.25, 0.3) is 6.08 Å². The number of amides is 1. The van der Waals surface area contributed by atoms with Gasteiger partial charge >= 0.3 is 11.9 Å². The maximum absolute atomic E-state index is 15.2. The Morgan fingerprint density at radius 1 is 0.912 bits per heavy atom. The first-order chi connectivity index (χ1) is 27.0. The van der Waals surface area contributed by atoms with Crippen LogP contribution in [-0.2, 0) is 28.6 Å². The predicted octanol–water partition coefficient (Wildman–Crippen LogP) is 5.30. The summed E-state index contributed by atoms with van der Waals surface area (Å²) in [5, 5.41) is 39.9. The quantitative estimate of drug-likeness (QED) is 0.127. The van der Waals surface area contributed by atoms with Crippen LogP contribution in [0.3, 0.4) is 0 Å². The van der Waals surface area contributed by atoms with Crippen molar-refractivity contribution in [3.8, 4) is 0 Å². The van der Waals surface area contributed by atoms with E-state index in [2.05, 4.69) is 5.32 Å². The Morgan fingerprint density at radius 2 is 1.53 bits per heavy atom. The summed E-state index contributed by atoms with van der Waals surface area (Å²) in [6.07, 6.45) is -1.76. The molecular weight excluding hydrogens is 727 g/mol. The molecule has 3 aromatic rings. The van der Waals surface area contributed by atoms with Crippen LogP contribution in [0.2, 0.25) is 0 Å².